The van der Waals surface area contributed by atoms with E-state index in [1.165, 1.54) is 11.1 Å². The molecule has 31 heavy (non-hydrogen) atoms. The van der Waals surface area contributed by atoms with Crippen molar-refractivity contribution in [3.05, 3.63) is 107 Å². The lowest BCUT2D eigenvalue weighted by atomic mass is 10.0. The Bertz CT molecular complexity index is 1030. The molecule has 4 heteroatoms. The number of rotatable bonds is 8. The fourth-order valence-corrected chi connectivity index (χ4v) is 4.29. The minimum absolute atomic E-state index is 0.0509. The average Bonchev–Trinajstić information content (AvgIpc) is 3.11. The molecule has 1 aliphatic heterocycles. The van der Waals surface area contributed by atoms with Crippen molar-refractivity contribution in [3.63, 3.8) is 0 Å². The maximum atomic E-state index is 13.2. The molecule has 0 bridgehead atoms. The summed E-state index contributed by atoms with van der Waals surface area (Å²) in [6.45, 7) is 2.58. The van der Waals surface area contributed by atoms with Gasteiger partial charge < -0.3 is 10.2 Å². The number of hydrogen-bond acceptors (Lipinski definition) is 2. The summed E-state index contributed by atoms with van der Waals surface area (Å²) in [5.41, 5.74) is 3.86. The number of aryl methyl sites for hydroxylation is 1. The van der Waals surface area contributed by atoms with Crippen LogP contribution in [0.15, 0.2) is 84.9 Å². The number of fused-ring (bicyclic) bond motifs is 1. The van der Waals surface area contributed by atoms with Crippen LogP contribution < -0.4 is 5.32 Å². The highest BCUT2D eigenvalue weighted by atomic mass is 16.2. The van der Waals surface area contributed by atoms with Crippen molar-refractivity contribution in [1.29, 1.82) is 0 Å². The largest absolute Gasteiger partial charge is 0.354 e. The molecule has 1 N–H and O–H groups in total. The molecular weight excluding hydrogens is 384 g/mol. The lowest BCUT2D eigenvalue weighted by Crippen LogP contribution is -2.44. The maximum Gasteiger partial charge on any atom is 0.255 e. The van der Waals surface area contributed by atoms with Gasteiger partial charge in [0.15, 0.2) is 0 Å². The molecule has 4 rings (SSSR count). The second-order valence-corrected chi connectivity index (χ2v) is 8.10. The van der Waals surface area contributed by atoms with E-state index in [9.17, 15) is 9.59 Å². The Morgan fingerprint density at radius 1 is 0.871 bits per heavy atom. The molecule has 2 amide bonds. The number of amides is 2. The predicted molar refractivity (Wildman–Crippen MR) is 123 cm³/mol. The lowest BCUT2D eigenvalue weighted by molar-refractivity contribution is -0.126. The third-order valence-corrected chi connectivity index (χ3v) is 5.97. The summed E-state index contributed by atoms with van der Waals surface area (Å²) in [5, 5.41) is 3.06. The summed E-state index contributed by atoms with van der Waals surface area (Å²) in [6, 6.07) is 27.2. The molecule has 1 aliphatic rings. The van der Waals surface area contributed by atoms with E-state index in [-0.39, 0.29) is 17.9 Å². The Morgan fingerprint density at radius 3 is 2.13 bits per heavy atom. The van der Waals surface area contributed by atoms with Crippen LogP contribution in [-0.4, -0.2) is 29.3 Å². The highest BCUT2D eigenvalue weighted by Gasteiger charge is 2.42. The molecule has 0 fully saturated rings. The summed E-state index contributed by atoms with van der Waals surface area (Å²) >= 11 is 0. The summed E-state index contributed by atoms with van der Waals surface area (Å²) in [4.78, 5) is 28.2. The van der Waals surface area contributed by atoms with E-state index in [2.05, 4.69) is 29.6 Å². The zero-order chi connectivity index (χ0) is 21.6. The molecule has 158 valence electrons. The van der Waals surface area contributed by atoms with Gasteiger partial charge in [-0.15, -0.1) is 0 Å². The molecular formula is C27H28N2O2. The summed E-state index contributed by atoms with van der Waals surface area (Å²) < 4.78 is 0. The third kappa shape index (κ3) is 4.69. The molecule has 0 aromatic heterocycles. The van der Waals surface area contributed by atoms with Gasteiger partial charge in [-0.2, -0.15) is 0 Å². The minimum Gasteiger partial charge on any atom is -0.354 e. The molecule has 0 saturated heterocycles. The van der Waals surface area contributed by atoms with Gasteiger partial charge in [0.25, 0.3) is 5.91 Å². The molecule has 0 radical (unpaired) electrons. The summed E-state index contributed by atoms with van der Waals surface area (Å²) in [7, 11) is 0. The first-order valence-corrected chi connectivity index (χ1v) is 10.9. The van der Waals surface area contributed by atoms with Crippen molar-refractivity contribution < 1.29 is 9.59 Å². The van der Waals surface area contributed by atoms with Crippen LogP contribution in [-0.2, 0) is 17.6 Å². The molecule has 4 nitrogen and oxygen atoms in total. The van der Waals surface area contributed by atoms with Crippen LogP contribution in [0.5, 0.6) is 0 Å². The van der Waals surface area contributed by atoms with Crippen LogP contribution in [0, 0.1) is 0 Å². The Kier molecular flexibility index (Phi) is 6.46. The van der Waals surface area contributed by atoms with Gasteiger partial charge >= 0.3 is 0 Å². The van der Waals surface area contributed by atoms with E-state index in [1.54, 1.807) is 4.90 Å². The first-order chi connectivity index (χ1) is 15.1. The highest BCUT2D eigenvalue weighted by Crippen LogP contribution is 2.36. The number of nitrogens with one attached hydrogen (secondary N) is 1. The smallest absolute Gasteiger partial charge is 0.255 e. The Labute approximate surface area is 183 Å². The van der Waals surface area contributed by atoms with Gasteiger partial charge in [-0.25, -0.2) is 0 Å². The van der Waals surface area contributed by atoms with Crippen LogP contribution in [0.25, 0.3) is 0 Å². The minimum atomic E-state index is -0.578. The van der Waals surface area contributed by atoms with E-state index in [4.69, 9.17) is 0 Å². The van der Waals surface area contributed by atoms with Crippen molar-refractivity contribution in [1.82, 2.24) is 10.2 Å². The number of benzene rings is 3. The standard InChI is InChI=1S/C27H28N2O2/c1-20(16-17-21-10-4-2-5-11-21)29-25(23-14-8-9-15-24(23)27(29)31)26(30)28-19-18-22-12-6-3-7-13-22/h2-15,20,25H,16-19H2,1H3,(H,28,30)/t20-,25+/m1/s1. The normalized spacial score (nSPS) is 16.1. The van der Waals surface area contributed by atoms with Gasteiger partial charge in [-0.3, -0.25) is 9.59 Å². The predicted octanol–water partition coefficient (Wildman–Crippen LogP) is 4.56. The quantitative estimate of drug-likeness (QED) is 0.589. The molecule has 3 aromatic rings. The fraction of sp³-hybridized carbons (Fsp3) is 0.259. The van der Waals surface area contributed by atoms with Gasteiger partial charge in [-0.1, -0.05) is 78.9 Å². The second-order valence-electron chi connectivity index (χ2n) is 8.10. The summed E-state index contributed by atoms with van der Waals surface area (Å²) in [6.07, 6.45) is 2.43. The van der Waals surface area contributed by atoms with Gasteiger partial charge in [0.05, 0.1) is 0 Å². The van der Waals surface area contributed by atoms with E-state index in [0.29, 0.717) is 12.1 Å². The zero-order valence-corrected chi connectivity index (χ0v) is 17.8. The molecule has 2 atom stereocenters. The molecule has 0 saturated carbocycles. The van der Waals surface area contributed by atoms with Gasteiger partial charge in [0.1, 0.15) is 6.04 Å². The first kappa shape index (κ1) is 20.9. The molecule has 3 aromatic carbocycles. The van der Waals surface area contributed by atoms with Crippen LogP contribution in [0.2, 0.25) is 0 Å². The average molecular weight is 413 g/mol. The second kappa shape index (κ2) is 9.61. The van der Waals surface area contributed by atoms with Gasteiger partial charge in [0.2, 0.25) is 5.91 Å². The number of nitrogens with zero attached hydrogens (tertiary/aromatic N) is 1. The van der Waals surface area contributed by atoms with Crippen LogP contribution in [0.4, 0.5) is 0 Å². The summed E-state index contributed by atoms with van der Waals surface area (Å²) in [5.74, 6) is -0.167. The zero-order valence-electron chi connectivity index (χ0n) is 17.8. The van der Waals surface area contributed by atoms with Crippen molar-refractivity contribution in [3.8, 4) is 0 Å². The maximum absolute atomic E-state index is 13.2. The fourth-order valence-electron chi connectivity index (χ4n) is 4.29. The first-order valence-electron chi connectivity index (χ1n) is 10.9. The van der Waals surface area contributed by atoms with E-state index >= 15 is 0 Å². The molecule has 0 aliphatic carbocycles. The van der Waals surface area contributed by atoms with Gasteiger partial charge in [0, 0.05) is 18.2 Å². The van der Waals surface area contributed by atoms with Crippen LogP contribution in [0.3, 0.4) is 0 Å². The van der Waals surface area contributed by atoms with Gasteiger partial charge in [-0.05, 0) is 48.9 Å². The van der Waals surface area contributed by atoms with Crippen molar-refractivity contribution in [2.24, 2.45) is 0 Å². The van der Waals surface area contributed by atoms with E-state index in [0.717, 1.165) is 24.8 Å². The Hall–Kier alpha value is -3.40. The van der Waals surface area contributed by atoms with Crippen molar-refractivity contribution >= 4 is 11.8 Å². The van der Waals surface area contributed by atoms with Crippen LogP contribution in [0.1, 0.15) is 46.4 Å². The van der Waals surface area contributed by atoms with Crippen molar-refractivity contribution in [2.45, 2.75) is 38.3 Å². The van der Waals surface area contributed by atoms with Crippen LogP contribution >= 0.6 is 0 Å². The molecule has 0 unspecified atom stereocenters. The number of carbonyl (C=O) groups is 2. The lowest BCUT2D eigenvalue weighted by Gasteiger charge is -2.30. The SMILES string of the molecule is C[C@H](CCc1ccccc1)N1C(=O)c2ccccc2[C@H]1C(=O)NCCc1ccccc1. The van der Waals surface area contributed by atoms with E-state index < -0.39 is 6.04 Å². The van der Waals surface area contributed by atoms with Crippen molar-refractivity contribution in [2.75, 3.05) is 6.54 Å². The monoisotopic (exact) mass is 412 g/mol. The number of carbonyl (C=O) groups excluding carboxylic acids is 2. The Morgan fingerprint density at radius 2 is 1.45 bits per heavy atom. The molecule has 1 heterocycles. The third-order valence-electron chi connectivity index (χ3n) is 5.97. The number of hydrogen-bond donors (Lipinski definition) is 1. The Balaban J connectivity index is 1.47. The highest BCUT2D eigenvalue weighted by molar-refractivity contribution is 6.04. The molecule has 0 spiro atoms. The topological polar surface area (TPSA) is 49.4 Å². The van der Waals surface area contributed by atoms with E-state index in [1.807, 2.05) is 67.6 Å².